The van der Waals surface area contributed by atoms with Gasteiger partial charge in [-0.2, -0.15) is 0 Å². The van der Waals surface area contributed by atoms with Crippen LogP contribution in [0, 0.1) is 6.92 Å². The number of hydrogen-bond donors (Lipinski definition) is 2. The summed E-state index contributed by atoms with van der Waals surface area (Å²) in [6, 6.07) is 14.4. The predicted molar refractivity (Wildman–Crippen MR) is 77.1 cm³/mol. The molecule has 0 aliphatic heterocycles. The van der Waals surface area contributed by atoms with Gasteiger partial charge in [0.25, 0.3) is 0 Å². The Labute approximate surface area is 106 Å². The number of anilines is 3. The van der Waals surface area contributed by atoms with Crippen LogP contribution in [0.1, 0.15) is 5.56 Å². The molecule has 0 aliphatic rings. The van der Waals surface area contributed by atoms with E-state index >= 15 is 0 Å². The zero-order valence-corrected chi connectivity index (χ0v) is 10.8. The Morgan fingerprint density at radius 2 is 1.65 bits per heavy atom. The largest absolute Gasteiger partial charge is 0.398 e. The Morgan fingerprint density at radius 1 is 1.00 bits per heavy atom. The summed E-state index contributed by atoms with van der Waals surface area (Å²) in [6.07, 6.45) is 2.07. The van der Waals surface area contributed by atoms with Crippen LogP contribution in [0.3, 0.4) is 0 Å². The number of nitrogen functional groups attached to an aromatic ring is 1. The lowest BCUT2D eigenvalue weighted by Crippen LogP contribution is -1.94. The number of nitrogens with one attached hydrogen (secondary N) is 1. The zero-order valence-electron chi connectivity index (χ0n) is 10.0. The lowest BCUT2D eigenvalue weighted by Gasteiger charge is -2.09. The molecule has 0 amide bonds. The van der Waals surface area contributed by atoms with Gasteiger partial charge in [-0.25, -0.2) is 0 Å². The van der Waals surface area contributed by atoms with Gasteiger partial charge in [0, 0.05) is 22.0 Å². The third-order valence-electron chi connectivity index (χ3n) is 2.66. The van der Waals surface area contributed by atoms with Crippen molar-refractivity contribution in [3.05, 3.63) is 48.0 Å². The predicted octanol–water partition coefficient (Wildman–Crippen LogP) is 4.04. The minimum absolute atomic E-state index is 0.815. The first kappa shape index (κ1) is 11.9. The first-order valence-electron chi connectivity index (χ1n) is 5.46. The molecule has 0 saturated carbocycles. The Balaban J connectivity index is 2.16. The van der Waals surface area contributed by atoms with Crippen LogP contribution in [0.15, 0.2) is 47.4 Å². The number of thioether (sulfide) groups is 1. The van der Waals surface area contributed by atoms with E-state index in [1.54, 1.807) is 11.8 Å². The molecule has 2 nitrogen and oxygen atoms in total. The number of aryl methyl sites for hydroxylation is 1. The highest BCUT2D eigenvalue weighted by atomic mass is 32.2. The van der Waals surface area contributed by atoms with Crippen LogP contribution in [0.25, 0.3) is 0 Å². The second-order valence-electron chi connectivity index (χ2n) is 3.92. The molecule has 0 saturated heterocycles. The maximum atomic E-state index is 5.88. The molecule has 3 heteroatoms. The molecule has 0 atom stereocenters. The van der Waals surface area contributed by atoms with Crippen molar-refractivity contribution in [3.8, 4) is 0 Å². The molecule has 0 bridgehead atoms. The van der Waals surface area contributed by atoms with E-state index in [1.165, 1.54) is 4.90 Å². The molecule has 0 heterocycles. The van der Waals surface area contributed by atoms with Crippen molar-refractivity contribution in [2.24, 2.45) is 0 Å². The topological polar surface area (TPSA) is 38.0 Å². The van der Waals surface area contributed by atoms with E-state index in [0.29, 0.717) is 0 Å². The van der Waals surface area contributed by atoms with Gasteiger partial charge in [-0.15, -0.1) is 11.8 Å². The molecule has 17 heavy (non-hydrogen) atoms. The van der Waals surface area contributed by atoms with Crippen molar-refractivity contribution >= 4 is 28.8 Å². The van der Waals surface area contributed by atoms with Crippen molar-refractivity contribution < 1.29 is 0 Å². The first-order chi connectivity index (χ1) is 8.19. The van der Waals surface area contributed by atoms with Crippen molar-refractivity contribution in [3.63, 3.8) is 0 Å². The van der Waals surface area contributed by atoms with E-state index in [2.05, 4.69) is 35.8 Å². The lowest BCUT2D eigenvalue weighted by molar-refractivity contribution is 1.43. The van der Waals surface area contributed by atoms with Gasteiger partial charge < -0.3 is 11.1 Å². The number of benzene rings is 2. The van der Waals surface area contributed by atoms with E-state index in [4.69, 9.17) is 5.73 Å². The van der Waals surface area contributed by atoms with Crippen LogP contribution in [0.2, 0.25) is 0 Å². The summed E-state index contributed by atoms with van der Waals surface area (Å²) in [5, 5.41) is 3.33. The minimum Gasteiger partial charge on any atom is -0.398 e. The van der Waals surface area contributed by atoms with E-state index in [1.807, 2.05) is 25.1 Å². The van der Waals surface area contributed by atoms with E-state index in [9.17, 15) is 0 Å². The molecule has 0 radical (unpaired) electrons. The number of rotatable bonds is 3. The molecule has 0 aromatic heterocycles. The smallest absolute Gasteiger partial charge is 0.0405 e. The maximum absolute atomic E-state index is 5.88. The molecule has 2 aromatic rings. The summed E-state index contributed by atoms with van der Waals surface area (Å²) in [6.45, 7) is 2.01. The van der Waals surface area contributed by atoms with Gasteiger partial charge >= 0.3 is 0 Å². The standard InChI is InChI=1S/C14H16N2S/c1-10-3-4-12(9-14(10)15)16-11-5-7-13(17-2)8-6-11/h3-9,16H,15H2,1-2H3. The second kappa shape index (κ2) is 5.15. The van der Waals surface area contributed by atoms with Gasteiger partial charge in [0.1, 0.15) is 0 Å². The van der Waals surface area contributed by atoms with Gasteiger partial charge in [-0.3, -0.25) is 0 Å². The monoisotopic (exact) mass is 244 g/mol. The lowest BCUT2D eigenvalue weighted by atomic mass is 10.2. The summed E-state index contributed by atoms with van der Waals surface area (Å²) in [5.41, 5.74) is 9.89. The molecule has 2 rings (SSSR count). The highest BCUT2D eigenvalue weighted by Gasteiger charge is 1.98. The SMILES string of the molecule is CSc1ccc(Nc2ccc(C)c(N)c2)cc1. The molecule has 0 fully saturated rings. The van der Waals surface area contributed by atoms with Crippen LogP contribution in [0.4, 0.5) is 17.1 Å². The van der Waals surface area contributed by atoms with Crippen molar-refractivity contribution in [1.82, 2.24) is 0 Å². The van der Waals surface area contributed by atoms with Crippen LogP contribution in [-0.4, -0.2) is 6.26 Å². The average Bonchev–Trinajstić information content (AvgIpc) is 2.35. The Kier molecular flexibility index (Phi) is 3.59. The van der Waals surface area contributed by atoms with Crippen molar-refractivity contribution in [1.29, 1.82) is 0 Å². The van der Waals surface area contributed by atoms with Gasteiger partial charge in [-0.1, -0.05) is 6.07 Å². The highest BCUT2D eigenvalue weighted by Crippen LogP contribution is 2.23. The molecule has 0 spiro atoms. The molecule has 3 N–H and O–H groups in total. The fourth-order valence-corrected chi connectivity index (χ4v) is 1.97. The Hall–Kier alpha value is -1.61. The molecular weight excluding hydrogens is 228 g/mol. The highest BCUT2D eigenvalue weighted by molar-refractivity contribution is 7.98. The van der Waals surface area contributed by atoms with E-state index < -0.39 is 0 Å². The summed E-state index contributed by atoms with van der Waals surface area (Å²) >= 11 is 1.74. The first-order valence-corrected chi connectivity index (χ1v) is 6.69. The van der Waals surface area contributed by atoms with Gasteiger partial charge in [0.05, 0.1) is 0 Å². The fraction of sp³-hybridized carbons (Fsp3) is 0.143. The van der Waals surface area contributed by atoms with Crippen LogP contribution >= 0.6 is 11.8 Å². The molecule has 88 valence electrons. The van der Waals surface area contributed by atoms with Crippen LogP contribution < -0.4 is 11.1 Å². The Morgan fingerprint density at radius 3 is 2.24 bits per heavy atom. The van der Waals surface area contributed by atoms with Gasteiger partial charge in [0.15, 0.2) is 0 Å². The normalized spacial score (nSPS) is 10.2. The molecule has 0 aliphatic carbocycles. The van der Waals surface area contributed by atoms with E-state index in [0.717, 1.165) is 22.6 Å². The Bertz CT molecular complexity index is 506. The summed E-state index contributed by atoms with van der Waals surface area (Å²) in [5.74, 6) is 0. The fourth-order valence-electron chi connectivity index (χ4n) is 1.56. The van der Waals surface area contributed by atoms with Gasteiger partial charge in [0.2, 0.25) is 0 Å². The minimum atomic E-state index is 0.815. The third-order valence-corrected chi connectivity index (χ3v) is 3.40. The van der Waals surface area contributed by atoms with Crippen LogP contribution in [-0.2, 0) is 0 Å². The maximum Gasteiger partial charge on any atom is 0.0405 e. The van der Waals surface area contributed by atoms with Crippen molar-refractivity contribution in [2.45, 2.75) is 11.8 Å². The van der Waals surface area contributed by atoms with Crippen LogP contribution in [0.5, 0.6) is 0 Å². The third kappa shape index (κ3) is 2.94. The zero-order chi connectivity index (χ0) is 12.3. The molecule has 2 aromatic carbocycles. The molecular formula is C14H16N2S. The van der Waals surface area contributed by atoms with E-state index in [-0.39, 0.29) is 0 Å². The summed E-state index contributed by atoms with van der Waals surface area (Å²) in [7, 11) is 0. The second-order valence-corrected chi connectivity index (χ2v) is 4.80. The number of hydrogen-bond acceptors (Lipinski definition) is 3. The van der Waals surface area contributed by atoms with Gasteiger partial charge in [-0.05, 0) is 55.1 Å². The summed E-state index contributed by atoms with van der Waals surface area (Å²) in [4.78, 5) is 1.26. The number of nitrogens with two attached hydrogens (primary N) is 1. The molecule has 0 unspecified atom stereocenters. The quantitative estimate of drug-likeness (QED) is 0.632. The van der Waals surface area contributed by atoms with Crippen molar-refractivity contribution in [2.75, 3.05) is 17.3 Å². The average molecular weight is 244 g/mol. The summed E-state index contributed by atoms with van der Waals surface area (Å²) < 4.78 is 0.